The van der Waals surface area contributed by atoms with E-state index in [9.17, 15) is 14.9 Å². The quantitative estimate of drug-likeness (QED) is 0.409. The van der Waals surface area contributed by atoms with Crippen LogP contribution in [0.4, 0.5) is 11.5 Å². The van der Waals surface area contributed by atoms with Gasteiger partial charge in [-0.15, -0.1) is 0 Å². The van der Waals surface area contributed by atoms with Crippen molar-refractivity contribution in [2.24, 2.45) is 11.8 Å². The third-order valence-corrected chi connectivity index (χ3v) is 5.37. The van der Waals surface area contributed by atoms with Gasteiger partial charge in [0.05, 0.1) is 11.5 Å². The number of hydrogen-bond acceptors (Lipinski definition) is 7. The summed E-state index contributed by atoms with van der Waals surface area (Å²) >= 11 is 0. The number of rotatable bonds is 7. The Hall–Kier alpha value is -2.22. The first kappa shape index (κ1) is 19.5. The Morgan fingerprint density at radius 3 is 2.85 bits per heavy atom. The van der Waals surface area contributed by atoms with Gasteiger partial charge < -0.3 is 14.4 Å². The molecule has 148 valence electrons. The lowest BCUT2D eigenvalue weighted by Crippen LogP contribution is -2.36. The van der Waals surface area contributed by atoms with Gasteiger partial charge in [-0.25, -0.2) is 4.98 Å². The van der Waals surface area contributed by atoms with E-state index in [0.29, 0.717) is 43.8 Å². The molecule has 8 nitrogen and oxygen atoms in total. The second kappa shape index (κ2) is 9.64. The smallest absolute Gasteiger partial charge is 0.311 e. The normalized spacial score (nSPS) is 21.0. The Kier molecular flexibility index (Phi) is 6.98. The van der Waals surface area contributed by atoms with Crippen LogP contribution in [0.2, 0.25) is 0 Å². The Morgan fingerprint density at radius 2 is 2.15 bits per heavy atom. The molecule has 0 aromatic carbocycles. The monoisotopic (exact) mass is 377 g/mol. The van der Waals surface area contributed by atoms with E-state index in [1.165, 1.54) is 6.07 Å². The summed E-state index contributed by atoms with van der Waals surface area (Å²) in [4.78, 5) is 28.9. The van der Waals surface area contributed by atoms with Gasteiger partial charge in [-0.1, -0.05) is 0 Å². The first-order valence-corrected chi connectivity index (χ1v) is 9.71. The Labute approximate surface area is 159 Å². The predicted octanol–water partition coefficient (Wildman–Crippen LogP) is 2.96. The van der Waals surface area contributed by atoms with E-state index in [0.717, 1.165) is 45.3 Å². The molecule has 8 heteroatoms. The number of piperidine rings is 1. The van der Waals surface area contributed by atoms with Gasteiger partial charge in [-0.3, -0.25) is 14.9 Å². The zero-order valence-corrected chi connectivity index (χ0v) is 15.5. The molecule has 1 aromatic rings. The maximum atomic E-state index is 12.0. The fraction of sp³-hybridized carbons (Fsp3) is 0.684. The molecule has 2 fully saturated rings. The molecule has 2 saturated heterocycles. The van der Waals surface area contributed by atoms with E-state index < -0.39 is 4.92 Å². The largest absolute Gasteiger partial charge is 0.465 e. The lowest BCUT2D eigenvalue weighted by Gasteiger charge is -2.32. The minimum absolute atomic E-state index is 0.0362. The van der Waals surface area contributed by atoms with E-state index in [2.05, 4.69) is 4.98 Å². The second-order valence-electron chi connectivity index (χ2n) is 7.34. The number of aromatic nitrogens is 1. The number of nitrogens with zero attached hydrogens (tertiary/aromatic N) is 3. The zero-order valence-electron chi connectivity index (χ0n) is 15.5. The molecule has 0 spiro atoms. The molecular weight excluding hydrogens is 350 g/mol. The van der Waals surface area contributed by atoms with Crippen molar-refractivity contribution in [1.82, 2.24) is 4.98 Å². The van der Waals surface area contributed by atoms with Crippen LogP contribution in [0, 0.1) is 22.0 Å². The number of nitro groups is 1. The van der Waals surface area contributed by atoms with Crippen LogP contribution in [0.3, 0.4) is 0 Å². The van der Waals surface area contributed by atoms with Crippen molar-refractivity contribution in [2.75, 3.05) is 37.8 Å². The van der Waals surface area contributed by atoms with Crippen LogP contribution in [-0.2, 0) is 14.3 Å². The third kappa shape index (κ3) is 5.63. The summed E-state index contributed by atoms with van der Waals surface area (Å²) in [5.41, 5.74) is 0.0362. The molecule has 3 heterocycles. The Morgan fingerprint density at radius 1 is 1.33 bits per heavy atom. The number of hydrogen-bond donors (Lipinski definition) is 0. The second-order valence-corrected chi connectivity index (χ2v) is 7.34. The number of esters is 1. The molecule has 2 aliphatic heterocycles. The summed E-state index contributed by atoms with van der Waals surface area (Å²) in [6, 6.07) is 3.06. The highest BCUT2D eigenvalue weighted by atomic mass is 16.6. The third-order valence-electron chi connectivity index (χ3n) is 5.37. The van der Waals surface area contributed by atoms with Crippen LogP contribution in [0.25, 0.3) is 0 Å². The summed E-state index contributed by atoms with van der Waals surface area (Å²) in [6.45, 7) is 3.38. The Balaban J connectivity index is 1.38. The SMILES string of the molecule is O=C(CCC1CCCOC1)OCC1CCN(c2ncccc2[N+](=O)[O-])CC1. The molecule has 3 rings (SSSR count). The summed E-state index contributed by atoms with van der Waals surface area (Å²) in [6.07, 6.45) is 6.73. The van der Waals surface area contributed by atoms with Gasteiger partial charge in [-0.05, 0) is 50.0 Å². The highest BCUT2D eigenvalue weighted by molar-refractivity contribution is 5.69. The highest BCUT2D eigenvalue weighted by Crippen LogP contribution is 2.29. The van der Waals surface area contributed by atoms with Gasteiger partial charge in [0.1, 0.15) is 0 Å². The molecule has 0 N–H and O–H groups in total. The number of carbonyl (C=O) groups excluding carboxylic acids is 1. The van der Waals surface area contributed by atoms with E-state index in [-0.39, 0.29) is 11.7 Å². The number of pyridine rings is 1. The van der Waals surface area contributed by atoms with Crippen molar-refractivity contribution in [2.45, 2.75) is 38.5 Å². The van der Waals surface area contributed by atoms with Gasteiger partial charge >= 0.3 is 11.7 Å². The molecule has 0 radical (unpaired) electrons. The van der Waals surface area contributed by atoms with Crippen molar-refractivity contribution in [3.05, 3.63) is 28.4 Å². The van der Waals surface area contributed by atoms with Gasteiger partial charge in [0.2, 0.25) is 5.82 Å². The summed E-state index contributed by atoms with van der Waals surface area (Å²) in [5.74, 6) is 1.06. The highest BCUT2D eigenvalue weighted by Gasteiger charge is 2.26. The van der Waals surface area contributed by atoms with Crippen LogP contribution >= 0.6 is 0 Å². The van der Waals surface area contributed by atoms with Crippen molar-refractivity contribution in [1.29, 1.82) is 0 Å². The van der Waals surface area contributed by atoms with Crippen LogP contribution in [0.5, 0.6) is 0 Å². The predicted molar refractivity (Wildman–Crippen MR) is 99.6 cm³/mol. The first-order chi connectivity index (χ1) is 13.1. The van der Waals surface area contributed by atoms with Crippen molar-refractivity contribution in [3.63, 3.8) is 0 Å². The lowest BCUT2D eigenvalue weighted by molar-refractivity contribution is -0.384. The fourth-order valence-electron chi connectivity index (χ4n) is 3.73. The minimum atomic E-state index is -0.395. The van der Waals surface area contributed by atoms with Gasteiger partial charge in [-0.2, -0.15) is 0 Å². The van der Waals surface area contributed by atoms with E-state index in [4.69, 9.17) is 9.47 Å². The molecule has 27 heavy (non-hydrogen) atoms. The van der Waals surface area contributed by atoms with Crippen LogP contribution in [0.1, 0.15) is 38.5 Å². The summed E-state index contributed by atoms with van der Waals surface area (Å²) in [5, 5.41) is 11.2. The Bertz CT molecular complexity index is 640. The van der Waals surface area contributed by atoms with Crippen LogP contribution in [0.15, 0.2) is 18.3 Å². The molecule has 0 bridgehead atoms. The standard InChI is InChI=1S/C19H27N3O5/c23-18(6-5-15-3-2-12-26-13-15)27-14-16-7-10-21(11-8-16)19-17(22(24)25)4-1-9-20-19/h1,4,9,15-16H,2-3,5-8,10-14H2. The van der Waals surface area contributed by atoms with Gasteiger partial charge in [0.25, 0.3) is 0 Å². The number of carbonyl (C=O) groups is 1. The number of ether oxygens (including phenoxy) is 2. The molecule has 2 aliphatic rings. The van der Waals surface area contributed by atoms with Gasteiger partial charge in [0, 0.05) is 45.0 Å². The average Bonchev–Trinajstić information content (AvgIpc) is 2.72. The van der Waals surface area contributed by atoms with Crippen LogP contribution < -0.4 is 4.90 Å². The average molecular weight is 377 g/mol. The number of anilines is 1. The van der Waals surface area contributed by atoms with Gasteiger partial charge in [0.15, 0.2) is 0 Å². The van der Waals surface area contributed by atoms with E-state index in [1.54, 1.807) is 12.3 Å². The topological polar surface area (TPSA) is 94.8 Å². The van der Waals surface area contributed by atoms with Crippen LogP contribution in [-0.4, -0.2) is 48.8 Å². The molecule has 1 atom stereocenters. The fourth-order valence-corrected chi connectivity index (χ4v) is 3.73. The molecular formula is C19H27N3O5. The van der Waals surface area contributed by atoms with E-state index in [1.807, 2.05) is 4.90 Å². The minimum Gasteiger partial charge on any atom is -0.465 e. The molecule has 0 aliphatic carbocycles. The van der Waals surface area contributed by atoms with E-state index >= 15 is 0 Å². The lowest BCUT2D eigenvalue weighted by atomic mass is 9.96. The molecule has 1 unspecified atom stereocenters. The molecule has 0 amide bonds. The first-order valence-electron chi connectivity index (χ1n) is 9.71. The molecule has 1 aromatic heterocycles. The van der Waals surface area contributed by atoms with Crippen molar-refractivity contribution < 1.29 is 19.2 Å². The summed E-state index contributed by atoms with van der Waals surface area (Å²) in [7, 11) is 0. The maximum Gasteiger partial charge on any atom is 0.311 e. The van der Waals surface area contributed by atoms with Crippen molar-refractivity contribution >= 4 is 17.5 Å². The maximum absolute atomic E-state index is 12.0. The van der Waals surface area contributed by atoms with Crippen molar-refractivity contribution in [3.8, 4) is 0 Å². The summed E-state index contributed by atoms with van der Waals surface area (Å²) < 4.78 is 10.9. The molecule has 0 saturated carbocycles. The zero-order chi connectivity index (χ0) is 19.1.